The van der Waals surface area contributed by atoms with Crippen molar-refractivity contribution in [3.05, 3.63) is 187 Å². The van der Waals surface area contributed by atoms with Gasteiger partial charge in [0.15, 0.2) is 0 Å². The zero-order chi connectivity index (χ0) is 48.9. The Labute approximate surface area is 422 Å². The topological polar surface area (TPSA) is 13.8 Å². The van der Waals surface area contributed by atoms with Crippen LogP contribution in [0.2, 0.25) is 0 Å². The summed E-state index contributed by atoms with van der Waals surface area (Å²) in [5, 5.41) is 14.6. The molecular weight excluding hydrogens is 891 g/mol. The molecule has 15 aromatic rings. The zero-order valence-corrected chi connectivity index (χ0v) is 43.2. The van der Waals surface area contributed by atoms with Crippen LogP contribution < -0.4 is 0 Å². The molecule has 3 nitrogen and oxygen atoms in total. The van der Waals surface area contributed by atoms with Crippen LogP contribution in [0.4, 0.5) is 0 Å². The lowest BCUT2D eigenvalue weighted by atomic mass is 9.83. The Morgan fingerprint density at radius 1 is 0.333 bits per heavy atom. The van der Waals surface area contributed by atoms with Crippen molar-refractivity contribution in [2.75, 3.05) is 0 Å². The average molecular weight is 946 g/mol. The summed E-state index contributed by atoms with van der Waals surface area (Å²) in [6.45, 7) is 21.3. The highest BCUT2D eigenvalue weighted by Gasteiger charge is 2.31. The normalized spacial score (nSPS) is 13.3. The molecular formula is C68H55N3S. The number of hydrogen-bond donors (Lipinski definition) is 0. The molecule has 9 aromatic carbocycles. The summed E-state index contributed by atoms with van der Waals surface area (Å²) in [5.41, 5.74) is 18.9. The summed E-state index contributed by atoms with van der Waals surface area (Å²) in [7, 11) is 0. The van der Waals surface area contributed by atoms with E-state index in [0.717, 1.165) is 5.69 Å². The van der Waals surface area contributed by atoms with Gasteiger partial charge in [0.05, 0.1) is 38.6 Å². The van der Waals surface area contributed by atoms with Gasteiger partial charge in [-0.1, -0.05) is 153 Å². The van der Waals surface area contributed by atoms with E-state index in [1.165, 1.54) is 146 Å². The van der Waals surface area contributed by atoms with Gasteiger partial charge in [-0.25, -0.2) is 0 Å². The summed E-state index contributed by atoms with van der Waals surface area (Å²) in [6.07, 6.45) is 0. The van der Waals surface area contributed by atoms with Gasteiger partial charge in [-0.05, 0) is 128 Å². The third-order valence-corrected chi connectivity index (χ3v) is 17.5. The van der Waals surface area contributed by atoms with Crippen molar-refractivity contribution in [1.29, 1.82) is 0 Å². The van der Waals surface area contributed by atoms with Gasteiger partial charge in [-0.2, -0.15) is 0 Å². The highest BCUT2D eigenvalue weighted by Crippen LogP contribution is 2.52. The van der Waals surface area contributed by atoms with Crippen LogP contribution in [-0.2, 0) is 16.2 Å². The van der Waals surface area contributed by atoms with Gasteiger partial charge in [0.1, 0.15) is 4.83 Å². The lowest BCUT2D eigenvalue weighted by Gasteiger charge is -2.22. The van der Waals surface area contributed by atoms with Crippen LogP contribution in [0.5, 0.6) is 0 Å². The molecule has 0 N–H and O–H groups in total. The van der Waals surface area contributed by atoms with Crippen molar-refractivity contribution in [2.24, 2.45) is 0 Å². The van der Waals surface area contributed by atoms with Crippen molar-refractivity contribution in [3.63, 3.8) is 0 Å². The molecule has 0 saturated heterocycles. The molecule has 0 atom stereocenters. The van der Waals surface area contributed by atoms with Crippen LogP contribution in [-0.4, -0.2) is 13.4 Å². The van der Waals surface area contributed by atoms with Gasteiger partial charge in [0.2, 0.25) is 0 Å². The Morgan fingerprint density at radius 2 is 0.903 bits per heavy atom. The van der Waals surface area contributed by atoms with E-state index in [1.54, 1.807) is 0 Å². The molecule has 15 rings (SSSR count). The molecule has 0 saturated carbocycles. The zero-order valence-electron chi connectivity index (χ0n) is 42.4. The molecule has 0 amide bonds. The fourth-order valence-corrected chi connectivity index (χ4v) is 13.8. The molecule has 0 spiro atoms. The standard InChI is InChI=1S/C68H55N3S/c1-66(2,3)41-32-48(40-26-28-56-49(31-40)45-22-13-15-24-55(45)69(56)44-21-17-20-39(30-44)38-18-11-10-12-19-38)61-51(34-41)52-35-43(68(7,8)9)37-54-60-57(70(61)62(52)54)29-27-46-50-33-42(67(4,5)6)36-53-59-47-23-14-16-25-58(47)72-65(59)71(63(50)53)64(46)60/h10-37H,1-9H3. The molecule has 0 unspecified atom stereocenters. The third kappa shape index (κ3) is 5.62. The summed E-state index contributed by atoms with van der Waals surface area (Å²) in [4.78, 5) is 1.34. The number of aromatic nitrogens is 3. The predicted molar refractivity (Wildman–Crippen MR) is 312 cm³/mol. The fourth-order valence-electron chi connectivity index (χ4n) is 12.6. The maximum absolute atomic E-state index is 2.67. The summed E-state index contributed by atoms with van der Waals surface area (Å²) >= 11 is 1.94. The average Bonchev–Trinajstić information content (AvgIpc) is 4.21. The largest absolute Gasteiger partial charge is 0.309 e. The van der Waals surface area contributed by atoms with Gasteiger partial charge in [0, 0.05) is 75.2 Å². The van der Waals surface area contributed by atoms with Crippen LogP contribution >= 0.6 is 11.3 Å². The van der Waals surface area contributed by atoms with Gasteiger partial charge in [-0.3, -0.25) is 4.40 Å². The predicted octanol–water partition coefficient (Wildman–Crippen LogP) is 19.5. The lowest BCUT2D eigenvalue weighted by molar-refractivity contribution is 0.591. The minimum Gasteiger partial charge on any atom is -0.309 e. The molecule has 0 radical (unpaired) electrons. The quantitative estimate of drug-likeness (QED) is 0.168. The monoisotopic (exact) mass is 945 g/mol. The second-order valence-corrected chi connectivity index (χ2v) is 24.8. The number of para-hydroxylation sites is 1. The van der Waals surface area contributed by atoms with Crippen molar-refractivity contribution >= 4 is 119 Å². The Kier molecular flexibility index (Phi) is 8.21. The number of fused-ring (bicyclic) bond motifs is 18. The smallest absolute Gasteiger partial charge is 0.109 e. The summed E-state index contributed by atoms with van der Waals surface area (Å²) in [5.74, 6) is 0. The highest BCUT2D eigenvalue weighted by atomic mass is 32.1. The Bertz CT molecular complexity index is 4780. The number of nitrogens with zero attached hydrogens (tertiary/aromatic N) is 3. The second-order valence-electron chi connectivity index (χ2n) is 23.8. The second kappa shape index (κ2) is 14.1. The van der Waals surface area contributed by atoms with E-state index < -0.39 is 0 Å². The van der Waals surface area contributed by atoms with Crippen molar-refractivity contribution < 1.29 is 0 Å². The minimum atomic E-state index is -0.0817. The number of thiophene rings is 1. The lowest BCUT2D eigenvalue weighted by Crippen LogP contribution is -2.11. The van der Waals surface area contributed by atoms with E-state index in [-0.39, 0.29) is 16.2 Å². The van der Waals surface area contributed by atoms with E-state index in [9.17, 15) is 0 Å². The van der Waals surface area contributed by atoms with Gasteiger partial charge < -0.3 is 8.97 Å². The first-order chi connectivity index (χ1) is 34.6. The molecule has 72 heavy (non-hydrogen) atoms. The maximum atomic E-state index is 2.67. The van der Waals surface area contributed by atoms with E-state index in [0.29, 0.717) is 0 Å². The van der Waals surface area contributed by atoms with E-state index in [2.05, 4.69) is 246 Å². The first-order valence-electron chi connectivity index (χ1n) is 25.7. The Balaban J connectivity index is 1.09. The van der Waals surface area contributed by atoms with Crippen LogP contribution in [0, 0.1) is 0 Å². The summed E-state index contributed by atoms with van der Waals surface area (Å²) < 4.78 is 9.14. The molecule has 0 fully saturated rings. The molecule has 0 bridgehead atoms. The molecule has 4 heteroatoms. The maximum Gasteiger partial charge on any atom is 0.109 e. The molecule has 348 valence electrons. The van der Waals surface area contributed by atoms with E-state index in [1.807, 2.05) is 11.3 Å². The molecule has 6 aromatic heterocycles. The molecule has 0 aliphatic heterocycles. The van der Waals surface area contributed by atoms with Crippen LogP contribution in [0.25, 0.3) is 135 Å². The fraction of sp³-hybridized carbons (Fsp3) is 0.176. The van der Waals surface area contributed by atoms with Crippen LogP contribution in [0.1, 0.15) is 79.0 Å². The van der Waals surface area contributed by atoms with Gasteiger partial charge in [0.25, 0.3) is 0 Å². The van der Waals surface area contributed by atoms with Gasteiger partial charge in [-0.15, -0.1) is 11.3 Å². The van der Waals surface area contributed by atoms with Crippen molar-refractivity contribution in [3.8, 4) is 27.9 Å². The number of rotatable bonds is 3. The number of hydrogen-bond acceptors (Lipinski definition) is 1. The molecule has 0 aliphatic carbocycles. The van der Waals surface area contributed by atoms with Crippen molar-refractivity contribution in [2.45, 2.75) is 78.6 Å². The molecule has 6 heterocycles. The van der Waals surface area contributed by atoms with E-state index >= 15 is 0 Å². The van der Waals surface area contributed by atoms with Crippen LogP contribution in [0.3, 0.4) is 0 Å². The first kappa shape index (κ1) is 42.1. The summed E-state index contributed by atoms with van der Waals surface area (Å²) in [6, 6.07) is 65.0. The number of benzene rings is 9. The van der Waals surface area contributed by atoms with Crippen molar-refractivity contribution in [1.82, 2.24) is 13.4 Å². The Hall–Kier alpha value is -7.66. The Morgan fingerprint density at radius 3 is 1.64 bits per heavy atom. The minimum absolute atomic E-state index is 0.0114. The van der Waals surface area contributed by atoms with Gasteiger partial charge >= 0.3 is 0 Å². The molecule has 0 aliphatic rings. The highest BCUT2D eigenvalue weighted by molar-refractivity contribution is 7.25. The van der Waals surface area contributed by atoms with E-state index in [4.69, 9.17) is 0 Å². The third-order valence-electron chi connectivity index (χ3n) is 16.3. The first-order valence-corrected chi connectivity index (χ1v) is 26.5. The van der Waals surface area contributed by atoms with Crippen LogP contribution in [0.15, 0.2) is 170 Å². The SMILES string of the molecule is CC(C)(C)c1cc(-c2ccc3c(c2)c2ccccc2n3-c2cccc(-c3ccccc3)c2)c2c(c1)c1cc(C(C)(C)C)cc3c4c(ccc5c6cc(C(C)(C)C)cc7c8c9ccccc9sc8n(c67)c54)n2c13.